The van der Waals surface area contributed by atoms with E-state index in [1.54, 1.807) is 34.6 Å². The molecule has 0 aliphatic carbocycles. The molecular weight excluding hydrogens is 425 g/mol. The van der Waals surface area contributed by atoms with Crippen LogP contribution in [0.4, 0.5) is 4.39 Å². The number of esters is 3. The third-order valence-electron chi connectivity index (χ3n) is 3.67. The molecule has 3 atom stereocenters. The summed E-state index contributed by atoms with van der Waals surface area (Å²) >= 11 is 3.35. The number of carbonyl (C=O) groups excluding carboxylic acids is 3. The van der Waals surface area contributed by atoms with Crippen LogP contribution in [0.25, 0.3) is 0 Å². The molecule has 0 amide bonds. The number of alkyl halides is 2. The fourth-order valence-corrected chi connectivity index (χ4v) is 2.50. The number of ether oxygens (including phenoxy) is 2. The number of carbonyl (C=O) groups is 3. The van der Waals surface area contributed by atoms with E-state index >= 15 is 0 Å². The summed E-state index contributed by atoms with van der Waals surface area (Å²) in [5, 5.41) is 3.39. The lowest BCUT2D eigenvalue weighted by atomic mass is 9.86. The summed E-state index contributed by atoms with van der Waals surface area (Å²) in [7, 11) is 1.27. The van der Waals surface area contributed by atoms with Gasteiger partial charge in [-0.1, -0.05) is 21.1 Å². The first kappa shape index (κ1) is 25.5. The second-order valence-electron chi connectivity index (χ2n) is 7.82. The maximum absolute atomic E-state index is 14.5. The van der Waals surface area contributed by atoms with Crippen molar-refractivity contribution in [2.45, 2.75) is 71.5 Å². The van der Waals surface area contributed by atoms with Gasteiger partial charge < -0.3 is 14.3 Å². The van der Waals surface area contributed by atoms with Crippen molar-refractivity contribution < 1.29 is 33.1 Å². The van der Waals surface area contributed by atoms with Crippen molar-refractivity contribution >= 4 is 40.1 Å². The average molecular weight is 454 g/mol. The summed E-state index contributed by atoms with van der Waals surface area (Å²) in [6.07, 6.45) is -1.43. The predicted molar refractivity (Wildman–Crippen MR) is 102 cm³/mol. The molecule has 7 nitrogen and oxygen atoms in total. The molecule has 0 saturated heterocycles. The monoisotopic (exact) mass is 453 g/mol. The maximum atomic E-state index is 14.5. The number of nitrogens with zero attached hydrogens (tertiary/aromatic N) is 1. The third-order valence-corrected chi connectivity index (χ3v) is 4.65. The van der Waals surface area contributed by atoms with Crippen molar-refractivity contribution in [1.82, 2.24) is 0 Å². The molecule has 0 radical (unpaired) electrons. The summed E-state index contributed by atoms with van der Waals surface area (Å²) in [4.78, 5) is 39.0. The van der Waals surface area contributed by atoms with Crippen LogP contribution in [0.3, 0.4) is 0 Å². The number of oxime groups is 1. The largest absolute Gasteiger partial charge is 0.457 e. The Bertz CT molecular complexity index is 559. The fraction of sp³-hybridized carbons (Fsp3) is 0.778. The summed E-state index contributed by atoms with van der Waals surface area (Å²) in [6, 6.07) is 0. The molecule has 0 fully saturated rings. The van der Waals surface area contributed by atoms with Gasteiger partial charge in [-0.2, -0.15) is 0 Å². The first-order valence-corrected chi connectivity index (χ1v) is 9.42. The quantitative estimate of drug-likeness (QED) is 0.174. The Morgan fingerprint density at radius 1 is 1.15 bits per heavy atom. The van der Waals surface area contributed by atoms with Gasteiger partial charge in [-0.25, -0.2) is 4.39 Å². The lowest BCUT2D eigenvalue weighted by Gasteiger charge is -2.29. The molecule has 3 unspecified atom stereocenters. The molecular formula is C18H29BrFNO6. The van der Waals surface area contributed by atoms with E-state index in [0.717, 1.165) is 13.1 Å². The van der Waals surface area contributed by atoms with E-state index in [1.165, 1.54) is 7.11 Å². The summed E-state index contributed by atoms with van der Waals surface area (Å²) in [6.45, 7) is 9.36. The molecule has 0 bridgehead atoms. The molecule has 0 N–H and O–H groups in total. The Labute approximate surface area is 168 Å². The summed E-state index contributed by atoms with van der Waals surface area (Å²) in [5.74, 6) is -1.93. The number of halogens is 2. The minimum Gasteiger partial charge on any atom is -0.457 e. The molecule has 27 heavy (non-hydrogen) atoms. The third kappa shape index (κ3) is 9.30. The highest BCUT2D eigenvalue weighted by Gasteiger charge is 2.37. The molecule has 0 saturated carbocycles. The zero-order chi connectivity index (χ0) is 21.4. The van der Waals surface area contributed by atoms with Crippen LogP contribution in [-0.4, -0.2) is 48.3 Å². The molecule has 0 rings (SSSR count). The fourth-order valence-electron chi connectivity index (χ4n) is 1.88. The predicted octanol–water partition coefficient (Wildman–Crippen LogP) is 3.57. The van der Waals surface area contributed by atoms with Crippen molar-refractivity contribution in [2.75, 3.05) is 7.11 Å². The highest BCUT2D eigenvalue weighted by atomic mass is 79.9. The molecule has 156 valence electrons. The van der Waals surface area contributed by atoms with Gasteiger partial charge in [0.05, 0.1) is 21.9 Å². The SMILES string of the molecule is CON=CC(F)C(OC(=O)C(C)(C)C)C(Br)CCC(C)(C)C(=O)OC(C)=O. The molecule has 0 aromatic heterocycles. The molecule has 0 spiro atoms. The molecule has 0 aromatic rings. The van der Waals surface area contributed by atoms with Gasteiger partial charge in [0.15, 0.2) is 12.3 Å². The van der Waals surface area contributed by atoms with Crippen LogP contribution in [0, 0.1) is 10.8 Å². The van der Waals surface area contributed by atoms with Crippen molar-refractivity contribution in [3.63, 3.8) is 0 Å². The van der Waals surface area contributed by atoms with Gasteiger partial charge in [0.25, 0.3) is 0 Å². The van der Waals surface area contributed by atoms with Crippen LogP contribution in [0.15, 0.2) is 5.16 Å². The van der Waals surface area contributed by atoms with E-state index in [9.17, 15) is 18.8 Å². The van der Waals surface area contributed by atoms with Gasteiger partial charge in [0.2, 0.25) is 0 Å². The van der Waals surface area contributed by atoms with E-state index in [0.29, 0.717) is 0 Å². The van der Waals surface area contributed by atoms with Crippen LogP contribution in [0.2, 0.25) is 0 Å². The number of hydrogen-bond acceptors (Lipinski definition) is 7. The Kier molecular flexibility index (Phi) is 10.1. The molecule has 0 aliphatic rings. The second kappa shape index (κ2) is 10.7. The normalized spacial score (nSPS) is 15.7. The van der Waals surface area contributed by atoms with Crippen molar-refractivity contribution in [2.24, 2.45) is 16.0 Å². The maximum Gasteiger partial charge on any atom is 0.319 e. The van der Waals surface area contributed by atoms with Crippen LogP contribution in [0.5, 0.6) is 0 Å². The highest BCUT2D eigenvalue weighted by Crippen LogP contribution is 2.30. The Morgan fingerprint density at radius 3 is 2.15 bits per heavy atom. The van der Waals surface area contributed by atoms with Crippen LogP contribution < -0.4 is 0 Å². The smallest absolute Gasteiger partial charge is 0.319 e. The van der Waals surface area contributed by atoms with Crippen molar-refractivity contribution in [3.05, 3.63) is 0 Å². The molecule has 0 aromatic carbocycles. The minimum absolute atomic E-state index is 0.271. The van der Waals surface area contributed by atoms with Crippen LogP contribution in [-0.2, 0) is 28.7 Å². The van der Waals surface area contributed by atoms with E-state index in [1.807, 2.05) is 0 Å². The minimum atomic E-state index is -1.71. The summed E-state index contributed by atoms with van der Waals surface area (Å²) < 4.78 is 24.5. The van der Waals surface area contributed by atoms with Crippen molar-refractivity contribution in [3.8, 4) is 0 Å². The van der Waals surface area contributed by atoms with Gasteiger partial charge in [-0.05, 0) is 47.5 Å². The number of hydrogen-bond donors (Lipinski definition) is 0. The summed E-state index contributed by atoms with van der Waals surface area (Å²) in [5.41, 5.74) is -1.78. The van der Waals surface area contributed by atoms with Crippen LogP contribution >= 0.6 is 15.9 Å². The van der Waals surface area contributed by atoms with Gasteiger partial charge in [0, 0.05) is 6.92 Å². The van der Waals surface area contributed by atoms with Crippen molar-refractivity contribution in [1.29, 1.82) is 0 Å². The Morgan fingerprint density at radius 2 is 1.70 bits per heavy atom. The standard InChI is InChI=1S/C18H29BrFNO6/c1-11(22)26-16(24)18(5,6)9-8-12(19)14(13(20)10-21-25-7)27-15(23)17(2,3)4/h10,12-14H,8-9H2,1-7H3. The lowest BCUT2D eigenvalue weighted by molar-refractivity contribution is -0.166. The Hall–Kier alpha value is -1.51. The first-order chi connectivity index (χ1) is 12.2. The first-order valence-electron chi connectivity index (χ1n) is 8.51. The van der Waals surface area contributed by atoms with Gasteiger partial charge in [-0.3, -0.25) is 14.4 Å². The van der Waals surface area contributed by atoms with E-state index in [4.69, 9.17) is 4.74 Å². The zero-order valence-electron chi connectivity index (χ0n) is 16.9. The van der Waals surface area contributed by atoms with Crippen LogP contribution in [0.1, 0.15) is 54.4 Å². The lowest BCUT2D eigenvalue weighted by Crippen LogP contribution is -2.41. The van der Waals surface area contributed by atoms with E-state index in [-0.39, 0.29) is 12.8 Å². The van der Waals surface area contributed by atoms with Gasteiger partial charge in [0.1, 0.15) is 7.11 Å². The van der Waals surface area contributed by atoms with E-state index in [2.05, 4.69) is 30.7 Å². The molecule has 9 heteroatoms. The highest BCUT2D eigenvalue weighted by molar-refractivity contribution is 9.09. The zero-order valence-corrected chi connectivity index (χ0v) is 18.5. The van der Waals surface area contributed by atoms with Gasteiger partial charge in [-0.15, -0.1) is 0 Å². The average Bonchev–Trinajstić information content (AvgIpc) is 2.53. The molecule has 0 heterocycles. The van der Waals surface area contributed by atoms with E-state index < -0.39 is 45.8 Å². The topological polar surface area (TPSA) is 91.3 Å². The Balaban J connectivity index is 5.20. The molecule has 0 aliphatic heterocycles. The second-order valence-corrected chi connectivity index (χ2v) is 9.00. The van der Waals surface area contributed by atoms with Gasteiger partial charge >= 0.3 is 17.9 Å². The number of rotatable bonds is 9.